The van der Waals surface area contributed by atoms with E-state index in [4.69, 9.17) is 0 Å². The third-order valence-electron chi connectivity index (χ3n) is 9.49. The summed E-state index contributed by atoms with van der Waals surface area (Å²) in [5.41, 5.74) is 16.3. The Bertz CT molecular complexity index is 2130. The van der Waals surface area contributed by atoms with Crippen LogP contribution in [0, 0.1) is 0 Å². The van der Waals surface area contributed by atoms with Crippen LogP contribution in [0.5, 0.6) is 0 Å². The van der Waals surface area contributed by atoms with Crippen LogP contribution < -0.4 is 4.90 Å². The monoisotopic (exact) mass is 589 g/mol. The van der Waals surface area contributed by atoms with Crippen LogP contribution in [-0.2, 0) is 5.41 Å². The largest absolute Gasteiger partial charge is 0.311 e. The van der Waals surface area contributed by atoms with Crippen molar-refractivity contribution in [2.24, 2.45) is 0 Å². The van der Waals surface area contributed by atoms with E-state index in [1.54, 1.807) is 0 Å². The fourth-order valence-electron chi connectivity index (χ4n) is 7.10. The third-order valence-corrected chi connectivity index (χ3v) is 9.49. The molecule has 0 heterocycles. The van der Waals surface area contributed by atoms with Gasteiger partial charge in [0.1, 0.15) is 0 Å². The van der Waals surface area contributed by atoms with E-state index in [9.17, 15) is 0 Å². The molecule has 0 atom stereocenters. The second-order valence-corrected chi connectivity index (χ2v) is 12.6. The predicted octanol–water partition coefficient (Wildman–Crippen LogP) is 12.5. The molecule has 1 heteroatoms. The van der Waals surface area contributed by atoms with E-state index in [0.29, 0.717) is 0 Å². The van der Waals surface area contributed by atoms with Gasteiger partial charge in [-0.15, -0.1) is 0 Å². The van der Waals surface area contributed by atoms with Gasteiger partial charge in [0.05, 0.1) is 0 Å². The molecule has 1 aliphatic carbocycles. The summed E-state index contributed by atoms with van der Waals surface area (Å²) in [7, 11) is 0. The average Bonchev–Trinajstić information content (AvgIpc) is 3.36. The zero-order chi connectivity index (χ0) is 31.1. The first-order chi connectivity index (χ1) is 22.6. The molecule has 0 saturated carbocycles. The minimum Gasteiger partial charge on any atom is -0.311 e. The van der Waals surface area contributed by atoms with Crippen LogP contribution in [0.1, 0.15) is 25.0 Å². The molecule has 0 N–H and O–H groups in total. The van der Waals surface area contributed by atoms with Gasteiger partial charge >= 0.3 is 0 Å². The van der Waals surface area contributed by atoms with Crippen LogP contribution in [0.4, 0.5) is 17.1 Å². The molecule has 46 heavy (non-hydrogen) atoms. The number of hydrogen-bond acceptors (Lipinski definition) is 1. The first-order valence-corrected chi connectivity index (χ1v) is 16.0. The predicted molar refractivity (Wildman–Crippen MR) is 195 cm³/mol. The van der Waals surface area contributed by atoms with Crippen molar-refractivity contribution < 1.29 is 0 Å². The van der Waals surface area contributed by atoms with E-state index in [2.05, 4.69) is 195 Å². The number of rotatable bonds is 6. The Hall–Kier alpha value is -5.66. The molecule has 1 aliphatic rings. The Morgan fingerprint density at radius 2 is 0.826 bits per heavy atom. The highest BCUT2D eigenvalue weighted by molar-refractivity contribution is 5.94. The van der Waals surface area contributed by atoms with Gasteiger partial charge in [0.15, 0.2) is 0 Å². The van der Waals surface area contributed by atoms with Gasteiger partial charge in [0.2, 0.25) is 0 Å². The van der Waals surface area contributed by atoms with E-state index < -0.39 is 0 Å². The molecule has 7 aromatic carbocycles. The van der Waals surface area contributed by atoms with Crippen molar-refractivity contribution in [3.05, 3.63) is 187 Å². The van der Waals surface area contributed by atoms with Gasteiger partial charge in [-0.05, 0) is 98.1 Å². The minimum atomic E-state index is -0.0515. The third kappa shape index (κ3) is 4.82. The Balaban J connectivity index is 1.17. The normalized spacial score (nSPS) is 12.7. The molecule has 0 spiro atoms. The summed E-state index contributed by atoms with van der Waals surface area (Å²) in [5.74, 6) is 0. The lowest BCUT2D eigenvalue weighted by atomic mass is 9.81. The summed E-state index contributed by atoms with van der Waals surface area (Å²) in [6.45, 7) is 4.71. The SMILES string of the molecule is CC1(C)c2ccc(-c3ccc(N(c4ccccc4)c4ccc(-c5ccccc5)cc4)cc3)cc2-c2c(-c3ccccc3)cccc21. The Morgan fingerprint density at radius 3 is 1.43 bits per heavy atom. The lowest BCUT2D eigenvalue weighted by Gasteiger charge is -2.26. The van der Waals surface area contributed by atoms with Gasteiger partial charge in [-0.1, -0.05) is 147 Å². The number of hydrogen-bond donors (Lipinski definition) is 0. The fraction of sp³-hybridized carbons (Fsp3) is 0.0667. The molecule has 220 valence electrons. The lowest BCUT2D eigenvalue weighted by molar-refractivity contribution is 0.660. The zero-order valence-corrected chi connectivity index (χ0v) is 26.2. The highest BCUT2D eigenvalue weighted by Crippen LogP contribution is 2.53. The van der Waals surface area contributed by atoms with E-state index in [-0.39, 0.29) is 5.41 Å². The van der Waals surface area contributed by atoms with Gasteiger partial charge in [-0.2, -0.15) is 0 Å². The summed E-state index contributed by atoms with van der Waals surface area (Å²) in [6.07, 6.45) is 0. The van der Waals surface area contributed by atoms with Crippen molar-refractivity contribution in [3.8, 4) is 44.5 Å². The van der Waals surface area contributed by atoms with E-state index in [0.717, 1.165) is 17.1 Å². The topological polar surface area (TPSA) is 3.24 Å². The van der Waals surface area contributed by atoms with Crippen molar-refractivity contribution in [1.82, 2.24) is 0 Å². The van der Waals surface area contributed by atoms with Crippen LogP contribution in [0.25, 0.3) is 44.5 Å². The molecule has 0 fully saturated rings. The van der Waals surface area contributed by atoms with Crippen molar-refractivity contribution in [1.29, 1.82) is 0 Å². The molecule has 7 aromatic rings. The van der Waals surface area contributed by atoms with Gasteiger partial charge in [0.25, 0.3) is 0 Å². The van der Waals surface area contributed by atoms with Crippen molar-refractivity contribution in [3.63, 3.8) is 0 Å². The molecule has 0 unspecified atom stereocenters. The molecule has 1 nitrogen and oxygen atoms in total. The maximum atomic E-state index is 2.40. The van der Waals surface area contributed by atoms with Gasteiger partial charge in [-0.3, -0.25) is 0 Å². The summed E-state index contributed by atoms with van der Waals surface area (Å²) < 4.78 is 0. The highest BCUT2D eigenvalue weighted by Gasteiger charge is 2.37. The summed E-state index contributed by atoms with van der Waals surface area (Å²) >= 11 is 0. The van der Waals surface area contributed by atoms with Crippen molar-refractivity contribution in [2.75, 3.05) is 4.90 Å². The number of benzene rings is 7. The summed E-state index contributed by atoms with van der Waals surface area (Å²) in [4.78, 5) is 2.33. The van der Waals surface area contributed by atoms with E-state index in [1.807, 2.05) is 0 Å². The molecular weight excluding hydrogens is 555 g/mol. The smallest absolute Gasteiger partial charge is 0.0462 e. The zero-order valence-electron chi connectivity index (χ0n) is 26.2. The maximum Gasteiger partial charge on any atom is 0.0462 e. The molecule has 0 aromatic heterocycles. The first kappa shape index (κ1) is 27.9. The van der Waals surface area contributed by atoms with Gasteiger partial charge in [-0.25, -0.2) is 0 Å². The minimum absolute atomic E-state index is 0.0515. The maximum absolute atomic E-state index is 2.40. The quantitative estimate of drug-likeness (QED) is 0.186. The second-order valence-electron chi connectivity index (χ2n) is 12.6. The van der Waals surface area contributed by atoms with E-state index in [1.165, 1.54) is 55.6 Å². The second kappa shape index (κ2) is 11.4. The Kier molecular flexibility index (Phi) is 6.88. The highest BCUT2D eigenvalue weighted by atomic mass is 15.1. The molecule has 0 saturated heterocycles. The van der Waals surface area contributed by atoms with Crippen LogP contribution in [0.2, 0.25) is 0 Å². The number of fused-ring (bicyclic) bond motifs is 3. The first-order valence-electron chi connectivity index (χ1n) is 16.0. The fourth-order valence-corrected chi connectivity index (χ4v) is 7.10. The van der Waals surface area contributed by atoms with Crippen LogP contribution in [-0.4, -0.2) is 0 Å². The van der Waals surface area contributed by atoms with Gasteiger partial charge < -0.3 is 4.90 Å². The summed E-state index contributed by atoms with van der Waals surface area (Å²) in [5, 5.41) is 0. The molecule has 8 rings (SSSR count). The Labute approximate surface area is 272 Å². The molecule has 0 aliphatic heterocycles. The Morgan fingerprint density at radius 1 is 0.348 bits per heavy atom. The molecule has 0 bridgehead atoms. The summed E-state index contributed by atoms with van der Waals surface area (Å²) in [6, 6.07) is 63.6. The van der Waals surface area contributed by atoms with Crippen molar-refractivity contribution in [2.45, 2.75) is 19.3 Å². The number of anilines is 3. The molecule has 0 radical (unpaired) electrons. The van der Waals surface area contributed by atoms with Crippen molar-refractivity contribution >= 4 is 17.1 Å². The van der Waals surface area contributed by atoms with Crippen LogP contribution >= 0.6 is 0 Å². The number of nitrogens with zero attached hydrogens (tertiary/aromatic N) is 1. The van der Waals surface area contributed by atoms with Gasteiger partial charge in [0, 0.05) is 22.5 Å². The molecule has 0 amide bonds. The average molecular weight is 590 g/mol. The number of para-hydroxylation sites is 1. The molecular formula is C45H35N. The lowest BCUT2D eigenvalue weighted by Crippen LogP contribution is -2.14. The van der Waals surface area contributed by atoms with Crippen LogP contribution in [0.15, 0.2) is 176 Å². The van der Waals surface area contributed by atoms with E-state index >= 15 is 0 Å². The standard InChI is InChI=1S/C45H35N/c1-45(2)42-30-25-36(31-41(42)44-40(19-12-20-43(44)45)35-15-8-4-9-16-35)34-23-28-39(29-24-34)46(37-17-10-5-11-18-37)38-26-21-33(22-27-38)32-13-6-3-7-14-32/h3-31H,1-2H3. The van der Waals surface area contributed by atoms with Crippen LogP contribution in [0.3, 0.4) is 0 Å².